The molecule has 0 aliphatic carbocycles. The quantitative estimate of drug-likeness (QED) is 0.919. The van der Waals surface area contributed by atoms with Gasteiger partial charge in [0.25, 0.3) is 5.91 Å². The molecule has 2 aliphatic rings. The molecule has 2 aromatic carbocycles. The lowest BCUT2D eigenvalue weighted by Gasteiger charge is -2.30. The second-order valence-corrected chi connectivity index (χ2v) is 6.69. The number of aryl methyl sites for hydroxylation is 1. The summed E-state index contributed by atoms with van der Waals surface area (Å²) in [6.07, 6.45) is 2.09. The number of para-hydroxylation sites is 1. The van der Waals surface area contributed by atoms with Crippen LogP contribution >= 0.6 is 0 Å². The van der Waals surface area contributed by atoms with Crippen LogP contribution in [-0.4, -0.2) is 38.8 Å². The molecule has 5 nitrogen and oxygen atoms in total. The Hall–Kier alpha value is -2.53. The van der Waals surface area contributed by atoms with Gasteiger partial charge in [0.05, 0.1) is 25.4 Å². The molecular formula is C21H24N2O3. The van der Waals surface area contributed by atoms with Crippen LogP contribution in [0.15, 0.2) is 42.5 Å². The summed E-state index contributed by atoms with van der Waals surface area (Å²) >= 11 is 0. The molecule has 136 valence electrons. The lowest BCUT2D eigenvalue weighted by atomic mass is 10.0. The minimum atomic E-state index is -0.0407. The molecule has 0 saturated carbocycles. The highest BCUT2D eigenvalue weighted by atomic mass is 16.5. The Bertz CT molecular complexity index is 785. The Morgan fingerprint density at radius 2 is 1.92 bits per heavy atom. The molecule has 1 saturated heterocycles. The SMILES string of the molecule is O=C(NCc1ccc2c(c1)CCCO2)c1ccccc1N1CCOCC1. The van der Waals surface area contributed by atoms with E-state index < -0.39 is 0 Å². The first kappa shape index (κ1) is 16.9. The van der Waals surface area contributed by atoms with Crippen molar-refractivity contribution in [3.63, 3.8) is 0 Å². The van der Waals surface area contributed by atoms with Crippen molar-refractivity contribution in [2.45, 2.75) is 19.4 Å². The van der Waals surface area contributed by atoms with Crippen molar-refractivity contribution in [1.82, 2.24) is 5.32 Å². The molecule has 0 bridgehead atoms. The first-order chi connectivity index (χ1) is 12.8. The Labute approximate surface area is 153 Å². The number of nitrogens with one attached hydrogen (secondary N) is 1. The Kier molecular flexibility index (Phi) is 5.07. The fourth-order valence-corrected chi connectivity index (χ4v) is 3.55. The molecule has 1 fully saturated rings. The molecule has 4 rings (SSSR count). The van der Waals surface area contributed by atoms with E-state index in [4.69, 9.17) is 9.47 Å². The summed E-state index contributed by atoms with van der Waals surface area (Å²) in [6.45, 7) is 4.34. The number of carbonyl (C=O) groups excluding carboxylic acids is 1. The molecule has 1 N–H and O–H groups in total. The van der Waals surface area contributed by atoms with E-state index in [2.05, 4.69) is 16.3 Å². The number of nitrogens with zero attached hydrogens (tertiary/aromatic N) is 1. The number of amides is 1. The highest BCUT2D eigenvalue weighted by Gasteiger charge is 2.18. The number of hydrogen-bond acceptors (Lipinski definition) is 4. The summed E-state index contributed by atoms with van der Waals surface area (Å²) in [4.78, 5) is 15.0. The third kappa shape index (κ3) is 3.68. The van der Waals surface area contributed by atoms with E-state index in [1.165, 1.54) is 5.56 Å². The molecule has 0 radical (unpaired) electrons. The van der Waals surface area contributed by atoms with E-state index in [1.54, 1.807) is 0 Å². The number of benzene rings is 2. The third-order valence-electron chi connectivity index (χ3n) is 4.93. The zero-order valence-electron chi connectivity index (χ0n) is 14.9. The van der Waals surface area contributed by atoms with Crippen LogP contribution in [0.1, 0.15) is 27.9 Å². The predicted octanol–water partition coefficient (Wildman–Crippen LogP) is 2.78. The van der Waals surface area contributed by atoms with Crippen molar-refractivity contribution in [3.05, 3.63) is 59.2 Å². The van der Waals surface area contributed by atoms with Crippen molar-refractivity contribution in [2.24, 2.45) is 0 Å². The van der Waals surface area contributed by atoms with Gasteiger partial charge in [-0.1, -0.05) is 24.3 Å². The van der Waals surface area contributed by atoms with Crippen molar-refractivity contribution < 1.29 is 14.3 Å². The Balaban J connectivity index is 1.45. The van der Waals surface area contributed by atoms with Crippen molar-refractivity contribution >= 4 is 11.6 Å². The molecule has 0 spiro atoms. The number of hydrogen-bond donors (Lipinski definition) is 1. The van der Waals surface area contributed by atoms with Crippen LogP contribution in [0.5, 0.6) is 5.75 Å². The summed E-state index contributed by atoms with van der Waals surface area (Å²) in [7, 11) is 0. The largest absolute Gasteiger partial charge is 0.493 e. The Morgan fingerprint density at radius 3 is 2.81 bits per heavy atom. The first-order valence-electron chi connectivity index (χ1n) is 9.26. The van der Waals surface area contributed by atoms with Crippen LogP contribution in [-0.2, 0) is 17.7 Å². The molecule has 26 heavy (non-hydrogen) atoms. The van der Waals surface area contributed by atoms with Gasteiger partial charge in [0.2, 0.25) is 0 Å². The number of morpholine rings is 1. The number of fused-ring (bicyclic) bond motifs is 1. The van der Waals surface area contributed by atoms with Gasteiger partial charge in [-0.25, -0.2) is 0 Å². The molecule has 0 atom stereocenters. The summed E-state index contributed by atoms with van der Waals surface area (Å²) in [5.74, 6) is 0.935. The van der Waals surface area contributed by atoms with Crippen LogP contribution < -0.4 is 15.0 Å². The van der Waals surface area contributed by atoms with Gasteiger partial charge in [0.1, 0.15) is 5.75 Å². The van der Waals surface area contributed by atoms with E-state index in [9.17, 15) is 4.79 Å². The summed E-state index contributed by atoms with van der Waals surface area (Å²) in [5.41, 5.74) is 4.03. The Morgan fingerprint density at radius 1 is 1.08 bits per heavy atom. The zero-order valence-corrected chi connectivity index (χ0v) is 14.9. The number of carbonyl (C=O) groups is 1. The summed E-state index contributed by atoms with van der Waals surface area (Å²) in [6, 6.07) is 14.0. The van der Waals surface area contributed by atoms with E-state index in [1.807, 2.05) is 36.4 Å². The molecule has 0 aromatic heterocycles. The van der Waals surface area contributed by atoms with Gasteiger partial charge < -0.3 is 19.7 Å². The highest BCUT2D eigenvalue weighted by Crippen LogP contribution is 2.26. The lowest BCUT2D eigenvalue weighted by Crippen LogP contribution is -2.37. The molecular weight excluding hydrogens is 328 g/mol. The third-order valence-corrected chi connectivity index (χ3v) is 4.93. The van der Waals surface area contributed by atoms with Gasteiger partial charge >= 0.3 is 0 Å². The molecule has 2 heterocycles. The van der Waals surface area contributed by atoms with E-state index in [0.717, 1.165) is 55.1 Å². The van der Waals surface area contributed by atoms with Gasteiger partial charge in [-0.3, -0.25) is 4.79 Å². The van der Waals surface area contributed by atoms with E-state index in [-0.39, 0.29) is 5.91 Å². The fraction of sp³-hybridized carbons (Fsp3) is 0.381. The average molecular weight is 352 g/mol. The standard InChI is InChI=1S/C21H24N2O3/c24-21(18-5-1-2-6-19(18)23-9-12-25-13-10-23)22-15-16-7-8-20-17(14-16)4-3-11-26-20/h1-2,5-8,14H,3-4,9-13,15H2,(H,22,24). The second-order valence-electron chi connectivity index (χ2n) is 6.69. The molecule has 5 heteroatoms. The smallest absolute Gasteiger partial charge is 0.253 e. The second kappa shape index (κ2) is 7.79. The lowest BCUT2D eigenvalue weighted by molar-refractivity contribution is 0.0949. The van der Waals surface area contributed by atoms with Crippen LogP contribution in [0.4, 0.5) is 5.69 Å². The van der Waals surface area contributed by atoms with Crippen LogP contribution in [0.3, 0.4) is 0 Å². The number of anilines is 1. The van der Waals surface area contributed by atoms with Crippen LogP contribution in [0.2, 0.25) is 0 Å². The predicted molar refractivity (Wildman–Crippen MR) is 101 cm³/mol. The number of ether oxygens (including phenoxy) is 2. The normalized spacial score (nSPS) is 16.5. The van der Waals surface area contributed by atoms with E-state index in [0.29, 0.717) is 19.8 Å². The van der Waals surface area contributed by atoms with E-state index >= 15 is 0 Å². The summed E-state index contributed by atoms with van der Waals surface area (Å²) < 4.78 is 11.1. The molecule has 2 aliphatic heterocycles. The number of rotatable bonds is 4. The van der Waals surface area contributed by atoms with Crippen molar-refractivity contribution in [3.8, 4) is 5.75 Å². The molecule has 1 amide bonds. The maximum Gasteiger partial charge on any atom is 0.253 e. The average Bonchev–Trinajstić information content (AvgIpc) is 2.72. The van der Waals surface area contributed by atoms with Gasteiger partial charge in [-0.15, -0.1) is 0 Å². The zero-order chi connectivity index (χ0) is 17.8. The molecule has 0 unspecified atom stereocenters. The minimum absolute atomic E-state index is 0.0407. The molecule has 2 aromatic rings. The van der Waals surface area contributed by atoms with Crippen LogP contribution in [0.25, 0.3) is 0 Å². The first-order valence-corrected chi connectivity index (χ1v) is 9.26. The summed E-state index contributed by atoms with van der Waals surface area (Å²) in [5, 5.41) is 3.06. The monoisotopic (exact) mass is 352 g/mol. The fourth-order valence-electron chi connectivity index (χ4n) is 3.55. The minimum Gasteiger partial charge on any atom is -0.493 e. The van der Waals surface area contributed by atoms with Gasteiger partial charge in [-0.05, 0) is 42.2 Å². The maximum atomic E-state index is 12.8. The van der Waals surface area contributed by atoms with Gasteiger partial charge in [-0.2, -0.15) is 0 Å². The van der Waals surface area contributed by atoms with Gasteiger partial charge in [0, 0.05) is 25.3 Å². The van der Waals surface area contributed by atoms with Crippen molar-refractivity contribution in [2.75, 3.05) is 37.8 Å². The highest BCUT2D eigenvalue weighted by molar-refractivity contribution is 5.99. The van der Waals surface area contributed by atoms with Gasteiger partial charge in [0.15, 0.2) is 0 Å². The topological polar surface area (TPSA) is 50.8 Å². The van der Waals surface area contributed by atoms with Crippen molar-refractivity contribution in [1.29, 1.82) is 0 Å². The van der Waals surface area contributed by atoms with Crippen LogP contribution in [0, 0.1) is 0 Å². The maximum absolute atomic E-state index is 12.8.